The first-order valence-corrected chi connectivity index (χ1v) is 6.22. The monoisotopic (exact) mass is 266 g/mol. The highest BCUT2D eigenvalue weighted by atomic mass is 35.5. The van der Waals surface area contributed by atoms with Gasteiger partial charge in [-0.3, -0.25) is 4.79 Å². The Labute approximate surface area is 110 Å². The number of aliphatic carboxylic acids is 1. The highest BCUT2D eigenvalue weighted by Crippen LogP contribution is 2.21. The van der Waals surface area contributed by atoms with E-state index in [2.05, 4.69) is 10.3 Å². The minimum atomic E-state index is -0.751. The zero-order valence-corrected chi connectivity index (χ0v) is 10.6. The lowest BCUT2D eigenvalue weighted by atomic mass is 10.2. The van der Waals surface area contributed by atoms with E-state index >= 15 is 0 Å². The number of halogens is 1. The smallest absolute Gasteiger partial charge is 0.303 e. The normalized spacial score (nSPS) is 10.9. The first-order chi connectivity index (χ1) is 8.66. The second-order valence-corrected chi connectivity index (χ2v) is 4.61. The van der Waals surface area contributed by atoms with Gasteiger partial charge in [0.1, 0.15) is 0 Å². The molecule has 0 unspecified atom stereocenters. The van der Waals surface area contributed by atoms with Crippen molar-refractivity contribution < 1.29 is 9.90 Å². The first kappa shape index (κ1) is 12.9. The number of hydrogen-bond donors (Lipinski definition) is 3. The van der Waals surface area contributed by atoms with Crippen LogP contribution < -0.4 is 5.32 Å². The standard InChI is InChI=1S/C13H15ClN2O2/c14-10-3-4-11-9(8-16-12(11)6-10)7-15-5-1-2-13(17)18/h3-4,6,8,15-16H,1-2,5,7H2,(H,17,18). The molecule has 0 aliphatic heterocycles. The second-order valence-electron chi connectivity index (χ2n) is 4.18. The lowest BCUT2D eigenvalue weighted by Crippen LogP contribution is -2.15. The number of carbonyl (C=O) groups is 1. The van der Waals surface area contributed by atoms with Crippen molar-refractivity contribution in [2.45, 2.75) is 19.4 Å². The Kier molecular flexibility index (Phi) is 4.23. The topological polar surface area (TPSA) is 65.1 Å². The number of H-pyrrole nitrogens is 1. The molecule has 4 nitrogen and oxygen atoms in total. The number of hydrogen-bond acceptors (Lipinski definition) is 2. The molecule has 0 spiro atoms. The van der Waals surface area contributed by atoms with Gasteiger partial charge in [-0.25, -0.2) is 0 Å². The zero-order valence-electron chi connectivity index (χ0n) is 9.87. The van der Waals surface area contributed by atoms with E-state index in [1.807, 2.05) is 24.4 Å². The maximum atomic E-state index is 10.4. The van der Waals surface area contributed by atoms with Crippen LogP contribution in [-0.4, -0.2) is 22.6 Å². The summed E-state index contributed by atoms with van der Waals surface area (Å²) in [5, 5.41) is 13.6. The molecular weight excluding hydrogens is 252 g/mol. The van der Waals surface area contributed by atoms with Crippen LogP contribution in [0.3, 0.4) is 0 Å². The number of aromatic amines is 1. The van der Waals surface area contributed by atoms with E-state index in [4.69, 9.17) is 16.7 Å². The molecule has 0 radical (unpaired) electrons. The van der Waals surface area contributed by atoms with Crippen molar-refractivity contribution >= 4 is 28.5 Å². The van der Waals surface area contributed by atoms with Crippen LogP contribution in [0.4, 0.5) is 0 Å². The summed E-state index contributed by atoms with van der Waals surface area (Å²) in [6, 6.07) is 5.75. The number of aromatic nitrogens is 1. The van der Waals surface area contributed by atoms with Gasteiger partial charge in [0.15, 0.2) is 0 Å². The summed E-state index contributed by atoms with van der Waals surface area (Å²) in [4.78, 5) is 13.5. The summed E-state index contributed by atoms with van der Waals surface area (Å²) in [6.45, 7) is 1.42. The number of carboxylic acids is 1. The summed E-state index contributed by atoms with van der Waals surface area (Å²) in [5.41, 5.74) is 2.18. The largest absolute Gasteiger partial charge is 0.481 e. The van der Waals surface area contributed by atoms with Crippen molar-refractivity contribution in [3.8, 4) is 0 Å². The Morgan fingerprint density at radius 1 is 1.44 bits per heavy atom. The van der Waals surface area contributed by atoms with E-state index in [-0.39, 0.29) is 6.42 Å². The molecule has 3 N–H and O–H groups in total. The van der Waals surface area contributed by atoms with Crippen LogP contribution in [-0.2, 0) is 11.3 Å². The summed E-state index contributed by atoms with van der Waals surface area (Å²) in [6.07, 6.45) is 2.80. The molecule has 0 bridgehead atoms. The quantitative estimate of drug-likeness (QED) is 0.705. The molecule has 18 heavy (non-hydrogen) atoms. The van der Waals surface area contributed by atoms with Crippen LogP contribution in [0, 0.1) is 0 Å². The summed E-state index contributed by atoms with van der Waals surface area (Å²) < 4.78 is 0. The molecule has 0 aliphatic carbocycles. The molecule has 0 saturated carbocycles. The van der Waals surface area contributed by atoms with Crippen LogP contribution >= 0.6 is 11.6 Å². The van der Waals surface area contributed by atoms with Crippen LogP contribution in [0.5, 0.6) is 0 Å². The highest BCUT2D eigenvalue weighted by molar-refractivity contribution is 6.31. The molecular formula is C13H15ClN2O2. The number of rotatable bonds is 6. The SMILES string of the molecule is O=C(O)CCCNCc1c[nH]c2cc(Cl)ccc12. The van der Waals surface area contributed by atoms with E-state index in [1.54, 1.807) is 0 Å². The molecule has 0 fully saturated rings. The van der Waals surface area contributed by atoms with Gasteiger partial charge >= 0.3 is 5.97 Å². The van der Waals surface area contributed by atoms with Gasteiger partial charge in [-0.15, -0.1) is 0 Å². The molecule has 0 saturated heterocycles. The average Bonchev–Trinajstić information content (AvgIpc) is 2.70. The molecule has 5 heteroatoms. The Bertz CT molecular complexity index is 551. The van der Waals surface area contributed by atoms with Crippen molar-refractivity contribution in [3.63, 3.8) is 0 Å². The summed E-state index contributed by atoms with van der Waals surface area (Å²) in [7, 11) is 0. The lowest BCUT2D eigenvalue weighted by Gasteiger charge is -2.02. The maximum Gasteiger partial charge on any atom is 0.303 e. The number of nitrogens with one attached hydrogen (secondary N) is 2. The fourth-order valence-electron chi connectivity index (χ4n) is 1.89. The van der Waals surface area contributed by atoms with Gasteiger partial charge in [-0.2, -0.15) is 0 Å². The summed E-state index contributed by atoms with van der Waals surface area (Å²) in [5.74, 6) is -0.751. The van der Waals surface area contributed by atoms with Crippen molar-refractivity contribution in [3.05, 3.63) is 35.0 Å². The van der Waals surface area contributed by atoms with Crippen LogP contribution in [0.15, 0.2) is 24.4 Å². The molecule has 1 aromatic carbocycles. The molecule has 2 aromatic rings. The molecule has 96 valence electrons. The minimum absolute atomic E-state index is 0.205. The van der Waals surface area contributed by atoms with Crippen LogP contribution in [0.1, 0.15) is 18.4 Å². The highest BCUT2D eigenvalue weighted by Gasteiger charge is 2.03. The number of fused-ring (bicyclic) bond motifs is 1. The molecule has 0 aliphatic rings. The second kappa shape index (κ2) is 5.89. The Morgan fingerprint density at radius 3 is 3.06 bits per heavy atom. The molecule has 1 heterocycles. The Hall–Kier alpha value is -1.52. The number of carboxylic acid groups (broad SMARTS) is 1. The van der Waals surface area contributed by atoms with Gasteiger partial charge in [0, 0.05) is 35.1 Å². The first-order valence-electron chi connectivity index (χ1n) is 5.85. The summed E-state index contributed by atoms with van der Waals surface area (Å²) >= 11 is 5.91. The Balaban J connectivity index is 1.90. The maximum absolute atomic E-state index is 10.4. The molecule has 1 aromatic heterocycles. The molecule has 0 atom stereocenters. The fourth-order valence-corrected chi connectivity index (χ4v) is 2.06. The van der Waals surface area contributed by atoms with Crippen LogP contribution in [0.25, 0.3) is 10.9 Å². The van der Waals surface area contributed by atoms with Gasteiger partial charge in [-0.1, -0.05) is 17.7 Å². The number of benzene rings is 1. The third-order valence-corrected chi connectivity index (χ3v) is 3.02. The molecule has 0 amide bonds. The van der Waals surface area contributed by atoms with Crippen molar-refractivity contribution in [1.29, 1.82) is 0 Å². The Morgan fingerprint density at radius 2 is 2.28 bits per heavy atom. The lowest BCUT2D eigenvalue weighted by molar-refractivity contribution is -0.137. The van der Waals surface area contributed by atoms with Gasteiger partial charge in [0.2, 0.25) is 0 Å². The van der Waals surface area contributed by atoms with Crippen molar-refractivity contribution in [2.24, 2.45) is 0 Å². The predicted molar refractivity (Wildman–Crippen MR) is 71.9 cm³/mol. The van der Waals surface area contributed by atoms with Gasteiger partial charge in [0.25, 0.3) is 0 Å². The minimum Gasteiger partial charge on any atom is -0.481 e. The van der Waals surface area contributed by atoms with E-state index in [0.29, 0.717) is 18.0 Å². The molecule has 2 rings (SSSR count). The van der Waals surface area contributed by atoms with E-state index in [0.717, 1.165) is 23.0 Å². The third-order valence-electron chi connectivity index (χ3n) is 2.79. The van der Waals surface area contributed by atoms with Gasteiger partial charge < -0.3 is 15.4 Å². The van der Waals surface area contributed by atoms with E-state index in [1.165, 1.54) is 0 Å². The van der Waals surface area contributed by atoms with Crippen molar-refractivity contribution in [1.82, 2.24) is 10.3 Å². The van der Waals surface area contributed by atoms with E-state index in [9.17, 15) is 4.79 Å². The predicted octanol–water partition coefficient (Wildman–Crippen LogP) is 2.78. The van der Waals surface area contributed by atoms with Crippen molar-refractivity contribution in [2.75, 3.05) is 6.54 Å². The van der Waals surface area contributed by atoms with Crippen LogP contribution in [0.2, 0.25) is 5.02 Å². The fraction of sp³-hybridized carbons (Fsp3) is 0.308. The van der Waals surface area contributed by atoms with Gasteiger partial charge in [0.05, 0.1) is 0 Å². The zero-order chi connectivity index (χ0) is 13.0. The average molecular weight is 267 g/mol. The van der Waals surface area contributed by atoms with Gasteiger partial charge in [-0.05, 0) is 30.7 Å². The third kappa shape index (κ3) is 3.24. The van der Waals surface area contributed by atoms with E-state index < -0.39 is 5.97 Å².